The maximum Gasteiger partial charge on any atom is 0.267 e. The predicted octanol–water partition coefficient (Wildman–Crippen LogP) is 4.17. The topological polar surface area (TPSA) is 71.6 Å². The third-order valence-corrected chi connectivity index (χ3v) is 6.82. The minimum Gasteiger partial charge on any atom is -0.463 e. The molecule has 0 N–H and O–H groups in total. The molecule has 2 aromatic carbocycles. The van der Waals surface area contributed by atoms with Crippen molar-refractivity contribution in [1.29, 1.82) is 0 Å². The highest BCUT2D eigenvalue weighted by Crippen LogP contribution is 2.30. The summed E-state index contributed by atoms with van der Waals surface area (Å²) < 4.78 is 6.71. The summed E-state index contributed by atoms with van der Waals surface area (Å²) >= 11 is 0. The third kappa shape index (κ3) is 4.62. The number of aromatic nitrogens is 2. The van der Waals surface area contributed by atoms with Gasteiger partial charge in [0.15, 0.2) is 5.76 Å². The van der Waals surface area contributed by atoms with E-state index in [0.29, 0.717) is 24.5 Å². The first-order valence-corrected chi connectivity index (χ1v) is 12.2. The van der Waals surface area contributed by atoms with Crippen LogP contribution in [0.15, 0.2) is 100 Å². The lowest BCUT2D eigenvalue weighted by Gasteiger charge is -2.42. The van der Waals surface area contributed by atoms with E-state index >= 15 is 0 Å². The van der Waals surface area contributed by atoms with Gasteiger partial charge in [-0.25, -0.2) is 4.68 Å². The van der Waals surface area contributed by atoms with Gasteiger partial charge in [0, 0.05) is 32.2 Å². The highest BCUT2D eigenvalue weighted by Gasteiger charge is 2.38. The van der Waals surface area contributed by atoms with E-state index in [1.165, 1.54) is 21.9 Å². The number of amides is 1. The lowest BCUT2D eigenvalue weighted by atomic mass is 9.96. The number of benzene rings is 2. The van der Waals surface area contributed by atoms with Gasteiger partial charge in [-0.3, -0.25) is 14.5 Å². The number of furan rings is 1. The Balaban J connectivity index is 1.35. The Bertz CT molecular complexity index is 1320. The molecule has 4 aromatic rings. The minimum absolute atomic E-state index is 0.118. The van der Waals surface area contributed by atoms with E-state index in [1.54, 1.807) is 38.3 Å². The van der Waals surface area contributed by atoms with Crippen molar-refractivity contribution >= 4 is 5.91 Å². The number of carbonyl (C=O) groups excluding carboxylic acids is 1. The van der Waals surface area contributed by atoms with Crippen LogP contribution < -0.4 is 5.56 Å². The van der Waals surface area contributed by atoms with Crippen molar-refractivity contribution in [3.8, 4) is 11.5 Å². The number of carbonyl (C=O) groups is 1. The van der Waals surface area contributed by atoms with Gasteiger partial charge in [0.05, 0.1) is 12.3 Å². The molecule has 2 aromatic heterocycles. The van der Waals surface area contributed by atoms with E-state index in [-0.39, 0.29) is 17.5 Å². The number of hydrogen-bond donors (Lipinski definition) is 0. The summed E-state index contributed by atoms with van der Waals surface area (Å²) in [4.78, 5) is 30.7. The van der Waals surface area contributed by atoms with Crippen LogP contribution in [0.3, 0.4) is 0 Å². The Kier molecular flexibility index (Phi) is 6.57. The molecule has 0 spiro atoms. The van der Waals surface area contributed by atoms with Crippen molar-refractivity contribution in [3.63, 3.8) is 0 Å². The highest BCUT2D eigenvalue weighted by atomic mass is 16.3. The van der Waals surface area contributed by atoms with Crippen LogP contribution in [0.1, 0.15) is 31.0 Å². The molecule has 7 heteroatoms. The quantitative estimate of drug-likeness (QED) is 0.413. The lowest BCUT2D eigenvalue weighted by molar-refractivity contribution is -0.142. The summed E-state index contributed by atoms with van der Waals surface area (Å²) in [6.07, 6.45) is 1.56. The number of hydrogen-bond acceptors (Lipinski definition) is 5. The summed E-state index contributed by atoms with van der Waals surface area (Å²) in [6.45, 7) is 6.10. The van der Waals surface area contributed by atoms with Gasteiger partial charge in [0.25, 0.3) is 5.56 Å². The predicted molar refractivity (Wildman–Crippen MR) is 138 cm³/mol. The number of nitrogens with zero attached hydrogens (tertiary/aromatic N) is 4. The van der Waals surface area contributed by atoms with Crippen LogP contribution in [0.4, 0.5) is 0 Å². The first-order chi connectivity index (χ1) is 17.4. The van der Waals surface area contributed by atoms with Crippen molar-refractivity contribution in [2.45, 2.75) is 25.4 Å². The average molecular weight is 483 g/mol. The molecule has 184 valence electrons. The molecular weight excluding hydrogens is 452 g/mol. The Morgan fingerprint density at radius 2 is 1.44 bits per heavy atom. The number of piperazine rings is 1. The highest BCUT2D eigenvalue weighted by molar-refractivity contribution is 5.83. The molecular formula is C29H30N4O3. The molecule has 1 aliphatic rings. The molecule has 1 fully saturated rings. The Hall–Kier alpha value is -3.97. The largest absolute Gasteiger partial charge is 0.463 e. The van der Waals surface area contributed by atoms with Crippen molar-refractivity contribution in [3.05, 3.63) is 113 Å². The zero-order valence-corrected chi connectivity index (χ0v) is 20.6. The average Bonchev–Trinajstić information content (AvgIpc) is 3.45. The van der Waals surface area contributed by atoms with E-state index in [0.717, 1.165) is 13.1 Å². The molecule has 36 heavy (non-hydrogen) atoms. The molecule has 1 saturated heterocycles. The molecule has 7 nitrogen and oxygen atoms in total. The van der Waals surface area contributed by atoms with E-state index in [4.69, 9.17) is 4.42 Å². The summed E-state index contributed by atoms with van der Waals surface area (Å²) in [7, 11) is 0. The molecule has 0 bridgehead atoms. The second-order valence-corrected chi connectivity index (χ2v) is 9.56. The molecule has 0 aliphatic carbocycles. The van der Waals surface area contributed by atoms with Crippen LogP contribution in [0.2, 0.25) is 0 Å². The van der Waals surface area contributed by atoms with Crippen LogP contribution >= 0.6 is 0 Å². The monoisotopic (exact) mass is 482 g/mol. The molecule has 1 amide bonds. The molecule has 0 unspecified atom stereocenters. The molecule has 0 radical (unpaired) electrons. The van der Waals surface area contributed by atoms with Crippen LogP contribution in [-0.2, 0) is 10.3 Å². The second kappa shape index (κ2) is 9.95. The van der Waals surface area contributed by atoms with Crippen LogP contribution in [0.25, 0.3) is 11.5 Å². The molecule has 3 heterocycles. The van der Waals surface area contributed by atoms with E-state index in [9.17, 15) is 9.59 Å². The first-order valence-electron chi connectivity index (χ1n) is 12.2. The normalized spacial score (nSPS) is 14.8. The Morgan fingerprint density at radius 3 is 2.00 bits per heavy atom. The molecule has 1 aliphatic heterocycles. The van der Waals surface area contributed by atoms with Gasteiger partial charge < -0.3 is 9.32 Å². The van der Waals surface area contributed by atoms with E-state index in [2.05, 4.69) is 58.5 Å². The fraction of sp³-hybridized carbons (Fsp3) is 0.276. The first kappa shape index (κ1) is 23.8. The van der Waals surface area contributed by atoms with Gasteiger partial charge in [-0.05, 0) is 43.2 Å². The minimum atomic E-state index is -1.14. The summed E-state index contributed by atoms with van der Waals surface area (Å²) in [5.41, 5.74) is 1.51. The molecule has 0 atom stereocenters. The smallest absolute Gasteiger partial charge is 0.267 e. The fourth-order valence-electron chi connectivity index (χ4n) is 4.91. The zero-order chi connectivity index (χ0) is 25.1. The number of rotatable bonds is 6. The Labute approximate surface area is 210 Å². The standard InChI is InChI=1S/C29H30N4O3/c1-29(2,33-26(34)16-15-24(30-33)25-14-9-21-36-25)28(35)32-19-17-31(18-20-32)27(22-10-5-3-6-11-22)23-12-7-4-8-13-23/h3-16,21,27H,17-20H2,1-2H3. The summed E-state index contributed by atoms with van der Waals surface area (Å²) in [5.74, 6) is 0.429. The lowest BCUT2D eigenvalue weighted by Crippen LogP contribution is -2.57. The van der Waals surface area contributed by atoms with Crippen molar-refractivity contribution in [1.82, 2.24) is 19.6 Å². The summed E-state index contributed by atoms with van der Waals surface area (Å²) in [5, 5.41) is 4.48. The SMILES string of the molecule is CC(C)(C(=O)N1CCN(C(c2ccccc2)c2ccccc2)CC1)n1nc(-c2ccco2)ccc1=O. The molecule has 0 saturated carbocycles. The van der Waals surface area contributed by atoms with Crippen molar-refractivity contribution in [2.24, 2.45) is 0 Å². The van der Waals surface area contributed by atoms with Crippen LogP contribution in [-0.4, -0.2) is 51.7 Å². The zero-order valence-electron chi connectivity index (χ0n) is 20.6. The van der Waals surface area contributed by atoms with Crippen molar-refractivity contribution < 1.29 is 9.21 Å². The maximum atomic E-state index is 13.7. The van der Waals surface area contributed by atoms with E-state index in [1.807, 2.05) is 17.0 Å². The van der Waals surface area contributed by atoms with Gasteiger partial charge in [-0.15, -0.1) is 0 Å². The van der Waals surface area contributed by atoms with Crippen molar-refractivity contribution in [2.75, 3.05) is 26.2 Å². The van der Waals surface area contributed by atoms with Crippen LogP contribution in [0.5, 0.6) is 0 Å². The molecule has 5 rings (SSSR count). The van der Waals surface area contributed by atoms with Gasteiger partial charge in [0.1, 0.15) is 11.2 Å². The summed E-state index contributed by atoms with van der Waals surface area (Å²) in [6, 6.07) is 27.6. The third-order valence-electron chi connectivity index (χ3n) is 6.82. The van der Waals surface area contributed by atoms with E-state index < -0.39 is 5.54 Å². The van der Waals surface area contributed by atoms with Gasteiger partial charge in [-0.1, -0.05) is 60.7 Å². The second-order valence-electron chi connectivity index (χ2n) is 9.56. The fourth-order valence-corrected chi connectivity index (χ4v) is 4.91. The van der Waals surface area contributed by atoms with Crippen LogP contribution in [0, 0.1) is 0 Å². The Morgan fingerprint density at radius 1 is 0.833 bits per heavy atom. The maximum absolute atomic E-state index is 13.7. The van der Waals surface area contributed by atoms with Gasteiger partial charge >= 0.3 is 0 Å². The van der Waals surface area contributed by atoms with Gasteiger partial charge in [0.2, 0.25) is 5.91 Å². The van der Waals surface area contributed by atoms with Gasteiger partial charge in [-0.2, -0.15) is 5.10 Å².